The highest BCUT2D eigenvalue weighted by atomic mass is 35.5. The van der Waals surface area contributed by atoms with Gasteiger partial charge in [0.15, 0.2) is 0 Å². The zero-order valence-electron chi connectivity index (χ0n) is 18.4. The molecule has 3 rings (SSSR count). The van der Waals surface area contributed by atoms with Crippen LogP contribution in [0.4, 0.5) is 10.1 Å². The van der Waals surface area contributed by atoms with Gasteiger partial charge >= 0.3 is 0 Å². The predicted molar refractivity (Wildman–Crippen MR) is 137 cm³/mol. The van der Waals surface area contributed by atoms with Gasteiger partial charge in [-0.2, -0.15) is 5.10 Å². The molecule has 0 radical (unpaired) electrons. The van der Waals surface area contributed by atoms with Gasteiger partial charge in [0.2, 0.25) is 11.8 Å². The van der Waals surface area contributed by atoms with Crippen LogP contribution >= 0.6 is 34.8 Å². The zero-order chi connectivity index (χ0) is 25.2. The van der Waals surface area contributed by atoms with Gasteiger partial charge < -0.3 is 10.1 Å². The fourth-order valence-electron chi connectivity index (χ4n) is 2.92. The predicted octanol–water partition coefficient (Wildman–Crippen LogP) is 6.62. The van der Waals surface area contributed by atoms with Crippen molar-refractivity contribution in [2.75, 3.05) is 5.32 Å². The van der Waals surface area contributed by atoms with Crippen molar-refractivity contribution in [1.29, 1.82) is 0 Å². The minimum Gasteiger partial charge on any atom is -0.489 e. The Labute approximate surface area is 217 Å². The fourth-order valence-corrected chi connectivity index (χ4v) is 3.43. The van der Waals surface area contributed by atoms with Gasteiger partial charge in [0.25, 0.3) is 0 Å². The quantitative estimate of drug-likeness (QED) is 0.226. The normalized spacial score (nSPS) is 10.9. The third-order valence-corrected chi connectivity index (χ3v) is 5.83. The summed E-state index contributed by atoms with van der Waals surface area (Å²) in [4.78, 5) is 23.9. The van der Waals surface area contributed by atoms with Gasteiger partial charge in [-0.15, -0.1) is 0 Å². The maximum Gasteiger partial charge on any atom is 0.240 e. The number of hydrazone groups is 1. The molecule has 10 heteroatoms. The lowest BCUT2D eigenvalue weighted by Crippen LogP contribution is -2.18. The first-order chi connectivity index (χ1) is 16.8. The molecule has 0 unspecified atom stereocenters. The Bertz CT molecular complexity index is 1200. The van der Waals surface area contributed by atoms with Gasteiger partial charge in [-0.25, -0.2) is 9.82 Å². The molecule has 3 aromatic carbocycles. The summed E-state index contributed by atoms with van der Waals surface area (Å²) >= 11 is 17.8. The molecular formula is C25H21Cl3FN3O3. The molecule has 0 spiro atoms. The summed E-state index contributed by atoms with van der Waals surface area (Å²) in [7, 11) is 0. The van der Waals surface area contributed by atoms with Crippen molar-refractivity contribution in [2.24, 2.45) is 5.10 Å². The van der Waals surface area contributed by atoms with Gasteiger partial charge in [0.05, 0.1) is 21.3 Å². The average Bonchev–Trinajstić information content (AvgIpc) is 2.82. The smallest absolute Gasteiger partial charge is 0.240 e. The van der Waals surface area contributed by atoms with Crippen LogP contribution in [0.1, 0.15) is 30.4 Å². The summed E-state index contributed by atoms with van der Waals surface area (Å²) < 4.78 is 19.4. The van der Waals surface area contributed by atoms with Gasteiger partial charge in [-0.05, 0) is 66.6 Å². The molecule has 0 saturated carbocycles. The number of carbonyl (C=O) groups is 2. The molecule has 0 heterocycles. The molecule has 2 N–H and O–H groups in total. The summed E-state index contributed by atoms with van der Waals surface area (Å²) in [5.74, 6) is -0.446. The van der Waals surface area contributed by atoms with E-state index < -0.39 is 5.82 Å². The van der Waals surface area contributed by atoms with E-state index in [0.717, 1.165) is 5.56 Å². The molecule has 0 aliphatic heterocycles. The maximum absolute atomic E-state index is 13.8. The fraction of sp³-hybridized carbons (Fsp3) is 0.160. The molecule has 0 bridgehead atoms. The lowest BCUT2D eigenvalue weighted by Gasteiger charge is -2.09. The van der Waals surface area contributed by atoms with Crippen LogP contribution in [0.3, 0.4) is 0 Å². The second-order valence-electron chi connectivity index (χ2n) is 7.38. The summed E-state index contributed by atoms with van der Waals surface area (Å²) in [6.45, 7) is 0.000465. The Hall–Kier alpha value is -3.13. The standard InChI is InChI=1S/C25H21Cl3FN3O3/c26-20-3-1-4-23(29)19(20)15-35-18-10-7-16(8-11-18)14-30-32-25(34)6-2-5-24(33)31-17-9-12-21(27)22(28)13-17/h1,3-4,7-14H,2,5-6,15H2,(H,31,33)(H,32,34)/b30-14-. The lowest BCUT2D eigenvalue weighted by molar-refractivity contribution is -0.121. The Morgan fingerprint density at radius 1 is 0.914 bits per heavy atom. The second-order valence-corrected chi connectivity index (χ2v) is 8.60. The highest BCUT2D eigenvalue weighted by Gasteiger charge is 2.08. The summed E-state index contributed by atoms with van der Waals surface area (Å²) in [5.41, 5.74) is 3.97. The van der Waals surface area contributed by atoms with Crippen molar-refractivity contribution in [1.82, 2.24) is 5.43 Å². The first-order valence-corrected chi connectivity index (χ1v) is 11.7. The van der Waals surface area contributed by atoms with Crippen molar-refractivity contribution in [3.63, 3.8) is 0 Å². The molecule has 0 saturated heterocycles. The van der Waals surface area contributed by atoms with Crippen LogP contribution in [-0.2, 0) is 16.2 Å². The van der Waals surface area contributed by atoms with E-state index in [9.17, 15) is 14.0 Å². The number of hydrogen-bond donors (Lipinski definition) is 2. The van der Waals surface area contributed by atoms with E-state index in [0.29, 0.717) is 32.9 Å². The molecular weight excluding hydrogens is 516 g/mol. The van der Waals surface area contributed by atoms with E-state index >= 15 is 0 Å². The van der Waals surface area contributed by atoms with E-state index in [4.69, 9.17) is 39.5 Å². The molecule has 0 aromatic heterocycles. The molecule has 0 atom stereocenters. The lowest BCUT2D eigenvalue weighted by atomic mass is 10.2. The average molecular weight is 537 g/mol. The Morgan fingerprint density at radius 3 is 2.37 bits per heavy atom. The number of rotatable bonds is 10. The van der Waals surface area contributed by atoms with Crippen molar-refractivity contribution in [3.05, 3.63) is 92.7 Å². The maximum atomic E-state index is 13.8. The third-order valence-electron chi connectivity index (χ3n) is 4.74. The van der Waals surface area contributed by atoms with Gasteiger partial charge in [0, 0.05) is 24.1 Å². The van der Waals surface area contributed by atoms with Crippen molar-refractivity contribution in [2.45, 2.75) is 25.9 Å². The molecule has 6 nitrogen and oxygen atoms in total. The van der Waals surface area contributed by atoms with Crippen molar-refractivity contribution >= 4 is 58.5 Å². The first kappa shape index (κ1) is 26.5. The van der Waals surface area contributed by atoms with E-state index in [1.807, 2.05) is 0 Å². The molecule has 35 heavy (non-hydrogen) atoms. The third kappa shape index (κ3) is 8.55. The van der Waals surface area contributed by atoms with E-state index in [-0.39, 0.29) is 36.8 Å². The molecule has 0 aliphatic rings. The number of benzene rings is 3. The summed E-state index contributed by atoms with van der Waals surface area (Å²) in [6.07, 6.45) is 2.13. The number of carbonyl (C=O) groups excluding carboxylic acids is 2. The number of anilines is 1. The number of halogens is 4. The molecule has 0 aliphatic carbocycles. The van der Waals surface area contributed by atoms with Crippen molar-refractivity contribution < 1.29 is 18.7 Å². The molecule has 3 aromatic rings. The Balaban J connectivity index is 1.36. The summed E-state index contributed by atoms with van der Waals surface area (Å²) in [5, 5.41) is 7.65. The Morgan fingerprint density at radius 2 is 1.66 bits per heavy atom. The topological polar surface area (TPSA) is 79.8 Å². The molecule has 0 fully saturated rings. The van der Waals surface area contributed by atoms with Gasteiger partial charge in [-0.3, -0.25) is 9.59 Å². The SMILES string of the molecule is O=C(CCCC(=O)Nc1ccc(Cl)c(Cl)c1)N/N=C\c1ccc(OCc2c(F)cccc2Cl)cc1. The highest BCUT2D eigenvalue weighted by molar-refractivity contribution is 6.42. The van der Waals surface area contributed by atoms with Crippen LogP contribution in [0.2, 0.25) is 15.1 Å². The molecule has 182 valence electrons. The zero-order valence-corrected chi connectivity index (χ0v) is 20.6. The number of ether oxygens (including phenoxy) is 1. The van der Waals surface area contributed by atoms with Gasteiger partial charge in [0.1, 0.15) is 18.2 Å². The number of nitrogens with one attached hydrogen (secondary N) is 2. The monoisotopic (exact) mass is 535 g/mol. The van der Waals surface area contributed by atoms with Crippen molar-refractivity contribution in [3.8, 4) is 5.75 Å². The minimum atomic E-state index is -0.427. The van der Waals surface area contributed by atoms with Crippen LogP contribution in [0.5, 0.6) is 5.75 Å². The van der Waals surface area contributed by atoms with E-state index in [1.165, 1.54) is 18.3 Å². The number of amides is 2. The minimum absolute atomic E-state index is 0.000465. The largest absolute Gasteiger partial charge is 0.489 e. The number of nitrogens with zero attached hydrogens (tertiary/aromatic N) is 1. The second kappa shape index (κ2) is 13.1. The Kier molecular flexibility index (Phi) is 9.90. The summed E-state index contributed by atoms with van der Waals surface area (Å²) in [6, 6.07) is 16.1. The van der Waals surface area contributed by atoms with Gasteiger partial charge in [-0.1, -0.05) is 40.9 Å². The first-order valence-electron chi connectivity index (χ1n) is 10.5. The van der Waals surface area contributed by atoms with Crippen LogP contribution in [0.25, 0.3) is 0 Å². The van der Waals surface area contributed by atoms with E-state index in [2.05, 4.69) is 15.8 Å². The highest BCUT2D eigenvalue weighted by Crippen LogP contribution is 2.25. The van der Waals surface area contributed by atoms with Crippen LogP contribution in [0, 0.1) is 5.82 Å². The molecule has 2 amide bonds. The number of hydrogen-bond acceptors (Lipinski definition) is 4. The van der Waals surface area contributed by atoms with Crippen LogP contribution in [0.15, 0.2) is 65.8 Å². The van der Waals surface area contributed by atoms with Crippen LogP contribution in [-0.4, -0.2) is 18.0 Å². The van der Waals surface area contributed by atoms with E-state index in [1.54, 1.807) is 48.5 Å². The van der Waals surface area contributed by atoms with Crippen LogP contribution < -0.4 is 15.5 Å².